The molecule has 0 bridgehead atoms. The fraction of sp³-hybridized carbons (Fsp3) is 0.600. The fourth-order valence-corrected chi connectivity index (χ4v) is 4.94. The molecule has 1 saturated carbocycles. The molecular weight excluding hydrogens is 312 g/mol. The highest BCUT2D eigenvalue weighted by atomic mass is 79.9. The number of ether oxygens (including phenoxy) is 1. The van der Waals surface area contributed by atoms with Crippen molar-refractivity contribution in [2.75, 3.05) is 7.11 Å². The third-order valence-electron chi connectivity index (χ3n) is 4.91. The monoisotopic (exact) mass is 330 g/mol. The summed E-state index contributed by atoms with van der Waals surface area (Å²) in [4.78, 5) is 0.274. The van der Waals surface area contributed by atoms with E-state index in [1.165, 1.54) is 0 Å². The van der Waals surface area contributed by atoms with Crippen LogP contribution in [0.4, 0.5) is 0 Å². The summed E-state index contributed by atoms with van der Waals surface area (Å²) in [5.41, 5.74) is 1.80. The molecule has 1 fully saturated rings. The van der Waals surface area contributed by atoms with Crippen LogP contribution in [0.5, 0.6) is 5.75 Å². The van der Waals surface area contributed by atoms with Crippen LogP contribution in [0.15, 0.2) is 18.2 Å². The number of methoxy groups -OCH3 is 1. The van der Waals surface area contributed by atoms with Gasteiger partial charge < -0.3 is 4.74 Å². The average molecular weight is 332 g/mol. The number of hydrogen-bond donors (Lipinski definition) is 0. The Kier molecular flexibility index (Phi) is 3.48. The van der Waals surface area contributed by atoms with Crippen LogP contribution in [0.3, 0.4) is 0 Å². The van der Waals surface area contributed by atoms with Crippen LogP contribution in [0.25, 0.3) is 0 Å². The van der Waals surface area contributed by atoms with E-state index in [4.69, 9.17) is 16.3 Å². The molecular formula is C15H20BrClO. The topological polar surface area (TPSA) is 9.23 Å². The molecule has 0 radical (unpaired) electrons. The normalized spacial score (nSPS) is 22.6. The predicted molar refractivity (Wildman–Crippen MR) is 80.7 cm³/mol. The van der Waals surface area contributed by atoms with E-state index in [0.29, 0.717) is 16.7 Å². The van der Waals surface area contributed by atoms with Crippen LogP contribution in [-0.2, 0) is 0 Å². The molecule has 100 valence electrons. The number of halogens is 2. The van der Waals surface area contributed by atoms with E-state index in [0.717, 1.165) is 16.3 Å². The third kappa shape index (κ3) is 1.98. The zero-order chi connectivity index (χ0) is 13.7. The molecule has 1 atom stereocenters. The second kappa shape index (κ2) is 4.42. The van der Waals surface area contributed by atoms with Crippen molar-refractivity contribution < 1.29 is 4.74 Å². The Bertz CT molecular complexity index is 454. The molecule has 3 heteroatoms. The smallest absolute Gasteiger partial charge is 0.123 e. The molecule has 0 spiro atoms. The zero-order valence-electron chi connectivity index (χ0n) is 11.6. The molecule has 2 rings (SSSR count). The lowest BCUT2D eigenvalue weighted by atomic mass is 10.0. The van der Waals surface area contributed by atoms with Crippen LogP contribution in [0.1, 0.15) is 38.1 Å². The lowest BCUT2D eigenvalue weighted by molar-refractivity contribution is 0.406. The summed E-state index contributed by atoms with van der Waals surface area (Å²) >= 11 is 9.96. The van der Waals surface area contributed by atoms with Gasteiger partial charge in [0.15, 0.2) is 0 Å². The van der Waals surface area contributed by atoms with E-state index < -0.39 is 0 Å². The molecule has 1 aromatic rings. The first-order valence-electron chi connectivity index (χ1n) is 6.21. The fourth-order valence-electron chi connectivity index (χ4n) is 3.08. The van der Waals surface area contributed by atoms with Crippen LogP contribution >= 0.6 is 27.5 Å². The number of benzene rings is 1. The Morgan fingerprint density at radius 3 is 2.22 bits per heavy atom. The average Bonchev–Trinajstić information content (AvgIpc) is 2.68. The van der Waals surface area contributed by atoms with Crippen molar-refractivity contribution in [2.24, 2.45) is 16.7 Å². The van der Waals surface area contributed by atoms with Gasteiger partial charge in [0.1, 0.15) is 5.75 Å². The lowest BCUT2D eigenvalue weighted by Crippen LogP contribution is -2.02. The van der Waals surface area contributed by atoms with Crippen LogP contribution in [0, 0.1) is 16.7 Å². The van der Waals surface area contributed by atoms with Gasteiger partial charge >= 0.3 is 0 Å². The first-order chi connectivity index (χ1) is 8.23. The Labute approximate surface area is 123 Å². The Hall–Kier alpha value is -0.210. The summed E-state index contributed by atoms with van der Waals surface area (Å²) in [6.45, 7) is 9.29. The van der Waals surface area contributed by atoms with Crippen molar-refractivity contribution in [3.05, 3.63) is 28.8 Å². The van der Waals surface area contributed by atoms with Gasteiger partial charge in [-0.15, -0.1) is 0 Å². The molecule has 1 aromatic carbocycles. The van der Waals surface area contributed by atoms with E-state index in [9.17, 15) is 0 Å². The molecule has 1 aliphatic rings. The van der Waals surface area contributed by atoms with E-state index in [2.05, 4.69) is 43.6 Å². The summed E-state index contributed by atoms with van der Waals surface area (Å²) in [7, 11) is 1.70. The third-order valence-corrected chi connectivity index (χ3v) is 6.17. The van der Waals surface area contributed by atoms with Crippen LogP contribution < -0.4 is 4.74 Å². The van der Waals surface area contributed by atoms with Crippen molar-refractivity contribution in [1.82, 2.24) is 0 Å². The molecule has 0 aromatic heterocycles. The standard InChI is InChI=1S/C15H20BrClO/c1-14(2)13(15(14,3)4)12(16)10-8-9(17)6-7-11(10)18-5/h6-8,12-13H,1-5H3. The quantitative estimate of drug-likeness (QED) is 0.668. The summed E-state index contributed by atoms with van der Waals surface area (Å²) in [6.07, 6.45) is 0. The maximum atomic E-state index is 6.11. The molecule has 0 saturated heterocycles. The minimum atomic E-state index is 0.274. The van der Waals surface area contributed by atoms with Gasteiger partial charge in [0, 0.05) is 15.4 Å². The van der Waals surface area contributed by atoms with E-state index in [1.54, 1.807) is 7.11 Å². The number of alkyl halides is 1. The van der Waals surface area contributed by atoms with Crippen molar-refractivity contribution >= 4 is 27.5 Å². The summed E-state index contributed by atoms with van der Waals surface area (Å²) < 4.78 is 5.45. The van der Waals surface area contributed by atoms with E-state index in [-0.39, 0.29) is 4.83 Å². The second-order valence-corrected chi connectivity index (χ2v) is 7.63. The summed E-state index contributed by atoms with van der Waals surface area (Å²) in [6, 6.07) is 5.81. The van der Waals surface area contributed by atoms with Gasteiger partial charge in [0.05, 0.1) is 7.11 Å². The molecule has 18 heavy (non-hydrogen) atoms. The summed E-state index contributed by atoms with van der Waals surface area (Å²) in [5, 5.41) is 0.756. The van der Waals surface area contributed by atoms with Crippen LogP contribution in [0.2, 0.25) is 5.02 Å². The SMILES string of the molecule is COc1ccc(Cl)cc1C(Br)C1C(C)(C)C1(C)C. The Morgan fingerprint density at radius 2 is 1.78 bits per heavy atom. The predicted octanol–water partition coefficient (Wildman–Crippen LogP) is 5.47. The second-order valence-electron chi connectivity index (χ2n) is 6.21. The molecule has 1 nitrogen and oxygen atoms in total. The van der Waals surface area contributed by atoms with Gasteiger partial charge in [0.2, 0.25) is 0 Å². The molecule has 1 aliphatic carbocycles. The highest BCUT2D eigenvalue weighted by Gasteiger charge is 2.67. The minimum Gasteiger partial charge on any atom is -0.496 e. The molecule has 1 unspecified atom stereocenters. The maximum absolute atomic E-state index is 6.11. The van der Waals surface area contributed by atoms with Gasteiger partial charge in [-0.25, -0.2) is 0 Å². The van der Waals surface area contributed by atoms with Crippen molar-refractivity contribution in [2.45, 2.75) is 32.5 Å². The summed E-state index contributed by atoms with van der Waals surface area (Å²) in [5.74, 6) is 1.48. The molecule has 0 amide bonds. The number of rotatable bonds is 3. The Balaban J connectivity index is 2.36. The molecule has 0 N–H and O–H groups in total. The highest BCUT2D eigenvalue weighted by molar-refractivity contribution is 9.09. The van der Waals surface area contributed by atoms with E-state index in [1.807, 2.05) is 18.2 Å². The minimum absolute atomic E-state index is 0.274. The first kappa shape index (κ1) is 14.2. The lowest BCUT2D eigenvalue weighted by Gasteiger charge is -2.16. The van der Waals surface area contributed by atoms with Crippen molar-refractivity contribution in [1.29, 1.82) is 0 Å². The van der Waals surface area contributed by atoms with Crippen LogP contribution in [-0.4, -0.2) is 7.11 Å². The van der Waals surface area contributed by atoms with Crippen molar-refractivity contribution in [3.8, 4) is 5.75 Å². The zero-order valence-corrected chi connectivity index (χ0v) is 13.9. The Morgan fingerprint density at radius 1 is 1.22 bits per heavy atom. The number of hydrogen-bond acceptors (Lipinski definition) is 1. The van der Waals surface area contributed by atoms with Gasteiger partial charge in [-0.2, -0.15) is 0 Å². The van der Waals surface area contributed by atoms with Gasteiger partial charge in [-0.3, -0.25) is 0 Å². The van der Waals surface area contributed by atoms with E-state index >= 15 is 0 Å². The van der Waals surface area contributed by atoms with Crippen molar-refractivity contribution in [3.63, 3.8) is 0 Å². The van der Waals surface area contributed by atoms with Gasteiger partial charge in [-0.1, -0.05) is 55.2 Å². The van der Waals surface area contributed by atoms with Gasteiger partial charge in [-0.05, 0) is 34.9 Å². The highest BCUT2D eigenvalue weighted by Crippen LogP contribution is 2.74. The largest absolute Gasteiger partial charge is 0.496 e. The molecule has 0 heterocycles. The van der Waals surface area contributed by atoms with Gasteiger partial charge in [0.25, 0.3) is 0 Å². The molecule has 0 aliphatic heterocycles. The maximum Gasteiger partial charge on any atom is 0.123 e. The first-order valence-corrected chi connectivity index (χ1v) is 7.50.